The van der Waals surface area contributed by atoms with Crippen molar-refractivity contribution in [2.24, 2.45) is 0 Å². The third-order valence-corrected chi connectivity index (χ3v) is 2.02. The quantitative estimate of drug-likeness (QED) is 0.770. The molecule has 1 atom stereocenters. The van der Waals surface area contributed by atoms with Crippen molar-refractivity contribution in [1.82, 2.24) is 0 Å². The van der Waals surface area contributed by atoms with Crippen molar-refractivity contribution >= 4 is 23.2 Å². The minimum Gasteiger partial charge on any atom is -0.385 e. The van der Waals surface area contributed by atoms with Crippen LogP contribution in [0, 0.1) is 11.6 Å². The molecule has 1 N–H and O–H groups in total. The molecular formula is C8H6Cl2F2O. The Morgan fingerprint density at radius 1 is 1.23 bits per heavy atom. The summed E-state index contributed by atoms with van der Waals surface area (Å²) in [5.74, 6) is -2.16. The van der Waals surface area contributed by atoms with Gasteiger partial charge in [0.15, 0.2) is 11.6 Å². The average molecular weight is 227 g/mol. The zero-order valence-electron chi connectivity index (χ0n) is 6.35. The van der Waals surface area contributed by atoms with Gasteiger partial charge in [0.25, 0.3) is 0 Å². The molecule has 1 unspecified atom stereocenters. The smallest absolute Gasteiger partial charge is 0.164 e. The van der Waals surface area contributed by atoms with Crippen molar-refractivity contribution in [3.05, 3.63) is 35.4 Å². The fourth-order valence-electron chi connectivity index (χ4n) is 0.885. The lowest BCUT2D eigenvalue weighted by Gasteiger charge is -2.12. The molecule has 1 nitrogen and oxygen atoms in total. The number of hydrogen-bond acceptors (Lipinski definition) is 1. The molecule has 1 aromatic rings. The van der Waals surface area contributed by atoms with Gasteiger partial charge in [0, 0.05) is 5.56 Å². The van der Waals surface area contributed by atoms with E-state index in [1.54, 1.807) is 0 Å². The molecule has 13 heavy (non-hydrogen) atoms. The van der Waals surface area contributed by atoms with Crippen LogP contribution in [0.3, 0.4) is 0 Å². The number of hydrogen-bond donors (Lipinski definition) is 1. The first kappa shape index (κ1) is 10.7. The summed E-state index contributed by atoms with van der Waals surface area (Å²) >= 11 is 10.6. The van der Waals surface area contributed by atoms with Gasteiger partial charge in [-0.05, 0) is 6.07 Å². The molecular weight excluding hydrogens is 221 g/mol. The van der Waals surface area contributed by atoms with Crippen LogP contribution in [-0.4, -0.2) is 9.94 Å². The molecule has 0 fully saturated rings. The highest BCUT2D eigenvalue weighted by Crippen LogP contribution is 2.26. The fraction of sp³-hybridized carbons (Fsp3) is 0.250. The van der Waals surface area contributed by atoms with Crippen LogP contribution in [0.2, 0.25) is 0 Å². The molecule has 0 aliphatic heterocycles. The van der Waals surface area contributed by atoms with E-state index in [1.165, 1.54) is 12.1 Å². The molecule has 0 saturated carbocycles. The van der Waals surface area contributed by atoms with E-state index in [-0.39, 0.29) is 5.56 Å². The summed E-state index contributed by atoms with van der Waals surface area (Å²) in [6, 6.07) is 3.44. The second-order valence-electron chi connectivity index (χ2n) is 2.42. The van der Waals surface area contributed by atoms with Crippen LogP contribution >= 0.6 is 23.2 Å². The van der Waals surface area contributed by atoms with Crippen LogP contribution in [0.4, 0.5) is 8.78 Å². The number of rotatable bonds is 2. The molecule has 72 valence electrons. The maximum Gasteiger partial charge on any atom is 0.164 e. The Hall–Kier alpha value is -0.380. The lowest BCUT2D eigenvalue weighted by Crippen LogP contribution is -2.09. The van der Waals surface area contributed by atoms with Gasteiger partial charge in [-0.25, -0.2) is 8.78 Å². The van der Waals surface area contributed by atoms with E-state index in [0.717, 1.165) is 6.07 Å². The highest BCUT2D eigenvalue weighted by Gasteiger charge is 2.21. The number of alkyl halides is 2. The average Bonchev–Trinajstić information content (AvgIpc) is 2.08. The van der Waals surface area contributed by atoms with Crippen LogP contribution in [0.5, 0.6) is 0 Å². The van der Waals surface area contributed by atoms with Crippen molar-refractivity contribution in [3.8, 4) is 0 Å². The van der Waals surface area contributed by atoms with Crippen molar-refractivity contribution in [2.75, 3.05) is 0 Å². The summed E-state index contributed by atoms with van der Waals surface area (Å²) < 4.78 is 25.6. The summed E-state index contributed by atoms with van der Waals surface area (Å²) in [4.78, 5) is -1.18. The Kier molecular flexibility index (Phi) is 3.47. The second-order valence-corrected chi connectivity index (χ2v) is 3.59. The maximum absolute atomic E-state index is 13.0. The zero-order chi connectivity index (χ0) is 10.0. The fourth-order valence-corrected chi connectivity index (χ4v) is 1.16. The van der Waals surface area contributed by atoms with Gasteiger partial charge in [0.2, 0.25) is 0 Å². The summed E-state index contributed by atoms with van der Waals surface area (Å²) in [6.07, 6.45) is -1.42. The normalized spacial score (nSPS) is 13.4. The molecule has 1 aromatic carbocycles. The minimum atomic E-state index is -1.42. The van der Waals surface area contributed by atoms with E-state index in [2.05, 4.69) is 0 Å². The Morgan fingerprint density at radius 2 is 1.85 bits per heavy atom. The van der Waals surface area contributed by atoms with Crippen molar-refractivity contribution < 1.29 is 13.9 Å². The lowest BCUT2D eigenvalue weighted by molar-refractivity contribution is 0.186. The topological polar surface area (TPSA) is 20.2 Å². The first-order chi connectivity index (χ1) is 6.04. The summed E-state index contributed by atoms with van der Waals surface area (Å²) in [5, 5.41) is 9.23. The molecule has 1 rings (SSSR count). The van der Waals surface area contributed by atoms with Crippen molar-refractivity contribution in [1.29, 1.82) is 0 Å². The van der Waals surface area contributed by atoms with Gasteiger partial charge in [0.1, 0.15) is 10.9 Å². The van der Waals surface area contributed by atoms with Crippen molar-refractivity contribution in [2.45, 2.75) is 10.9 Å². The van der Waals surface area contributed by atoms with E-state index >= 15 is 0 Å². The first-order valence-corrected chi connectivity index (χ1v) is 4.31. The molecule has 0 radical (unpaired) electrons. The zero-order valence-corrected chi connectivity index (χ0v) is 7.86. The molecule has 0 amide bonds. The van der Waals surface area contributed by atoms with Crippen molar-refractivity contribution in [3.63, 3.8) is 0 Å². The third-order valence-electron chi connectivity index (χ3n) is 1.54. The van der Waals surface area contributed by atoms with E-state index < -0.39 is 22.6 Å². The van der Waals surface area contributed by atoms with Crippen LogP contribution in [0.15, 0.2) is 18.2 Å². The maximum atomic E-state index is 13.0. The molecule has 5 heteroatoms. The predicted molar refractivity (Wildman–Crippen MR) is 46.8 cm³/mol. The van der Waals surface area contributed by atoms with Gasteiger partial charge in [0.05, 0.1) is 0 Å². The monoisotopic (exact) mass is 226 g/mol. The van der Waals surface area contributed by atoms with Gasteiger partial charge < -0.3 is 5.11 Å². The van der Waals surface area contributed by atoms with Crippen LogP contribution in [0.1, 0.15) is 11.7 Å². The Labute approximate surface area is 83.9 Å². The van der Waals surface area contributed by atoms with E-state index in [9.17, 15) is 13.9 Å². The van der Waals surface area contributed by atoms with Crippen LogP contribution in [0.25, 0.3) is 0 Å². The number of aliphatic hydroxyl groups is 1. The minimum absolute atomic E-state index is 0.241. The molecule has 0 aromatic heterocycles. The van der Waals surface area contributed by atoms with Crippen LogP contribution < -0.4 is 0 Å². The number of benzene rings is 1. The number of halogens is 4. The highest BCUT2D eigenvalue weighted by molar-refractivity contribution is 6.44. The van der Waals surface area contributed by atoms with E-state index in [0.29, 0.717) is 0 Å². The summed E-state index contributed by atoms with van der Waals surface area (Å²) in [5.41, 5.74) is -0.241. The largest absolute Gasteiger partial charge is 0.385 e. The van der Waals surface area contributed by atoms with Crippen LogP contribution in [-0.2, 0) is 0 Å². The van der Waals surface area contributed by atoms with E-state index in [1.807, 2.05) is 0 Å². The Morgan fingerprint density at radius 3 is 2.38 bits per heavy atom. The standard InChI is InChI=1S/C8H6Cl2F2O/c9-8(10)7(13)4-2-1-3-5(11)6(4)12/h1-3,7-8,13H. The van der Waals surface area contributed by atoms with Gasteiger partial charge in [-0.15, -0.1) is 23.2 Å². The molecule has 0 bridgehead atoms. The molecule has 0 aliphatic carbocycles. The van der Waals surface area contributed by atoms with Gasteiger partial charge in [-0.3, -0.25) is 0 Å². The highest BCUT2D eigenvalue weighted by atomic mass is 35.5. The molecule has 0 spiro atoms. The third kappa shape index (κ3) is 2.30. The lowest BCUT2D eigenvalue weighted by atomic mass is 10.1. The molecule has 0 heterocycles. The van der Waals surface area contributed by atoms with Gasteiger partial charge >= 0.3 is 0 Å². The summed E-state index contributed by atoms with van der Waals surface area (Å²) in [6.45, 7) is 0. The SMILES string of the molecule is OC(c1cccc(F)c1F)C(Cl)Cl. The Bertz CT molecular complexity index is 304. The Balaban J connectivity index is 3.07. The van der Waals surface area contributed by atoms with E-state index in [4.69, 9.17) is 23.2 Å². The summed E-state index contributed by atoms with van der Waals surface area (Å²) in [7, 11) is 0. The van der Waals surface area contributed by atoms with Gasteiger partial charge in [-0.1, -0.05) is 12.1 Å². The first-order valence-electron chi connectivity index (χ1n) is 3.44. The van der Waals surface area contributed by atoms with Gasteiger partial charge in [-0.2, -0.15) is 0 Å². The number of aliphatic hydroxyl groups excluding tert-OH is 1. The second kappa shape index (κ2) is 4.22. The molecule has 0 saturated heterocycles. The predicted octanol–water partition coefficient (Wildman–Crippen LogP) is 2.80. The molecule has 0 aliphatic rings.